The summed E-state index contributed by atoms with van der Waals surface area (Å²) in [5.41, 5.74) is 1.26. The van der Waals surface area contributed by atoms with Crippen molar-refractivity contribution in [3.63, 3.8) is 0 Å². The molecule has 0 radical (unpaired) electrons. The van der Waals surface area contributed by atoms with Gasteiger partial charge in [0.05, 0.1) is 6.26 Å². The van der Waals surface area contributed by atoms with E-state index in [2.05, 4.69) is 19.9 Å². The molecule has 1 heteroatoms. The molecule has 0 bridgehead atoms. The Labute approximate surface area is 80.1 Å². The third-order valence-corrected chi connectivity index (χ3v) is 3.23. The zero-order valence-electron chi connectivity index (χ0n) is 8.55. The Hall–Kier alpha value is -0.720. The van der Waals surface area contributed by atoms with Crippen LogP contribution in [-0.4, -0.2) is 0 Å². The lowest BCUT2D eigenvalue weighted by molar-refractivity contribution is 0.290. The van der Waals surface area contributed by atoms with E-state index in [0.717, 1.165) is 5.92 Å². The quantitative estimate of drug-likeness (QED) is 0.636. The molecule has 0 aliphatic heterocycles. The summed E-state index contributed by atoms with van der Waals surface area (Å²) in [4.78, 5) is 0. The lowest BCUT2D eigenvalue weighted by Gasteiger charge is -2.26. The minimum absolute atomic E-state index is 0.683. The van der Waals surface area contributed by atoms with Crippen molar-refractivity contribution in [2.45, 2.75) is 45.4 Å². The van der Waals surface area contributed by atoms with Gasteiger partial charge in [-0.1, -0.05) is 26.2 Å². The van der Waals surface area contributed by atoms with Crippen LogP contribution >= 0.6 is 0 Å². The molecule has 13 heavy (non-hydrogen) atoms. The molecule has 1 aliphatic carbocycles. The van der Waals surface area contributed by atoms with Crippen LogP contribution in [0.1, 0.15) is 49.8 Å². The van der Waals surface area contributed by atoms with E-state index in [4.69, 9.17) is 4.42 Å². The highest BCUT2D eigenvalue weighted by molar-refractivity contribution is 5.15. The maximum absolute atomic E-state index is 5.57. The standard InChI is InChI=1S/C12H18O/c1-9-7-12(13-8-9)11-6-4-3-5-10(11)2/h7-8,10-11H,3-6H2,1-2H3. The molecule has 1 heterocycles. The summed E-state index contributed by atoms with van der Waals surface area (Å²) >= 11 is 0. The molecule has 1 aliphatic rings. The van der Waals surface area contributed by atoms with Crippen LogP contribution < -0.4 is 0 Å². The Bertz CT molecular complexity index is 274. The highest BCUT2D eigenvalue weighted by Crippen LogP contribution is 2.37. The Morgan fingerprint density at radius 3 is 2.69 bits per heavy atom. The van der Waals surface area contributed by atoms with Crippen LogP contribution in [0.2, 0.25) is 0 Å². The van der Waals surface area contributed by atoms with Crippen molar-refractivity contribution in [2.75, 3.05) is 0 Å². The SMILES string of the molecule is Cc1coc(C2CCCCC2C)c1. The largest absolute Gasteiger partial charge is 0.469 e. The van der Waals surface area contributed by atoms with Crippen LogP contribution in [0.15, 0.2) is 16.7 Å². The van der Waals surface area contributed by atoms with Gasteiger partial charge in [0.25, 0.3) is 0 Å². The Morgan fingerprint density at radius 2 is 2.08 bits per heavy atom. The number of hydrogen-bond donors (Lipinski definition) is 0. The molecule has 1 fully saturated rings. The lowest BCUT2D eigenvalue weighted by atomic mass is 9.79. The average molecular weight is 178 g/mol. The highest BCUT2D eigenvalue weighted by Gasteiger charge is 2.24. The molecule has 2 unspecified atom stereocenters. The zero-order valence-corrected chi connectivity index (χ0v) is 8.55. The van der Waals surface area contributed by atoms with Gasteiger partial charge in [0, 0.05) is 5.92 Å². The third-order valence-electron chi connectivity index (χ3n) is 3.23. The van der Waals surface area contributed by atoms with Crippen molar-refractivity contribution < 1.29 is 4.42 Å². The second kappa shape index (κ2) is 3.57. The van der Waals surface area contributed by atoms with Crippen molar-refractivity contribution in [3.05, 3.63) is 23.7 Å². The minimum atomic E-state index is 0.683. The number of rotatable bonds is 1. The second-order valence-corrected chi connectivity index (χ2v) is 4.39. The summed E-state index contributed by atoms with van der Waals surface area (Å²) in [6, 6.07) is 2.20. The molecule has 1 aromatic rings. The third kappa shape index (κ3) is 1.79. The molecule has 1 nitrogen and oxygen atoms in total. The molecule has 1 saturated carbocycles. The van der Waals surface area contributed by atoms with E-state index < -0.39 is 0 Å². The summed E-state index contributed by atoms with van der Waals surface area (Å²) < 4.78 is 5.57. The van der Waals surface area contributed by atoms with Crippen molar-refractivity contribution in [1.29, 1.82) is 0 Å². The van der Waals surface area contributed by atoms with Gasteiger partial charge in [-0.15, -0.1) is 0 Å². The summed E-state index contributed by atoms with van der Waals surface area (Å²) in [6.07, 6.45) is 7.32. The van der Waals surface area contributed by atoms with Gasteiger partial charge in [-0.05, 0) is 30.9 Å². The normalized spacial score (nSPS) is 29.1. The van der Waals surface area contributed by atoms with E-state index in [0.29, 0.717) is 5.92 Å². The first kappa shape index (κ1) is 8.86. The van der Waals surface area contributed by atoms with E-state index in [1.165, 1.54) is 37.0 Å². The summed E-state index contributed by atoms with van der Waals surface area (Å²) in [5, 5.41) is 0. The average Bonchev–Trinajstić information content (AvgIpc) is 2.53. The van der Waals surface area contributed by atoms with Gasteiger partial charge >= 0.3 is 0 Å². The predicted molar refractivity (Wildman–Crippen MR) is 53.8 cm³/mol. The van der Waals surface area contributed by atoms with Gasteiger partial charge in [-0.3, -0.25) is 0 Å². The van der Waals surface area contributed by atoms with Gasteiger partial charge in [0.1, 0.15) is 5.76 Å². The molecular formula is C12H18O. The number of aryl methyl sites for hydroxylation is 1. The Kier molecular flexibility index (Phi) is 2.43. The van der Waals surface area contributed by atoms with Gasteiger partial charge in [0.2, 0.25) is 0 Å². The monoisotopic (exact) mass is 178 g/mol. The smallest absolute Gasteiger partial charge is 0.107 e. The van der Waals surface area contributed by atoms with E-state index in [9.17, 15) is 0 Å². The number of furan rings is 1. The van der Waals surface area contributed by atoms with Gasteiger partial charge in [-0.25, -0.2) is 0 Å². The van der Waals surface area contributed by atoms with Crippen LogP contribution in [-0.2, 0) is 0 Å². The first-order valence-corrected chi connectivity index (χ1v) is 5.32. The minimum Gasteiger partial charge on any atom is -0.469 e. The highest BCUT2D eigenvalue weighted by atomic mass is 16.3. The van der Waals surface area contributed by atoms with E-state index >= 15 is 0 Å². The molecule has 72 valence electrons. The molecule has 0 N–H and O–H groups in total. The fraction of sp³-hybridized carbons (Fsp3) is 0.667. The van der Waals surface area contributed by atoms with Crippen LogP contribution in [0.3, 0.4) is 0 Å². The first-order valence-electron chi connectivity index (χ1n) is 5.32. The maximum Gasteiger partial charge on any atom is 0.107 e. The fourth-order valence-corrected chi connectivity index (χ4v) is 2.39. The number of hydrogen-bond acceptors (Lipinski definition) is 1. The second-order valence-electron chi connectivity index (χ2n) is 4.39. The molecule has 1 aromatic heterocycles. The molecule has 2 atom stereocenters. The van der Waals surface area contributed by atoms with Crippen molar-refractivity contribution in [2.24, 2.45) is 5.92 Å². The van der Waals surface area contributed by atoms with Crippen LogP contribution in [0.25, 0.3) is 0 Å². The van der Waals surface area contributed by atoms with Gasteiger partial charge in [0.15, 0.2) is 0 Å². The Balaban J connectivity index is 2.14. The molecule has 0 aromatic carbocycles. The van der Waals surface area contributed by atoms with Crippen molar-refractivity contribution in [3.8, 4) is 0 Å². The van der Waals surface area contributed by atoms with E-state index in [-0.39, 0.29) is 0 Å². The lowest BCUT2D eigenvalue weighted by Crippen LogP contribution is -2.13. The van der Waals surface area contributed by atoms with Crippen LogP contribution in [0.4, 0.5) is 0 Å². The van der Waals surface area contributed by atoms with Crippen molar-refractivity contribution >= 4 is 0 Å². The summed E-state index contributed by atoms with van der Waals surface area (Å²) in [5.74, 6) is 2.70. The van der Waals surface area contributed by atoms with Crippen LogP contribution in [0.5, 0.6) is 0 Å². The van der Waals surface area contributed by atoms with Gasteiger partial charge in [-0.2, -0.15) is 0 Å². The van der Waals surface area contributed by atoms with E-state index in [1.807, 2.05) is 6.26 Å². The molecular weight excluding hydrogens is 160 g/mol. The van der Waals surface area contributed by atoms with Crippen molar-refractivity contribution in [1.82, 2.24) is 0 Å². The molecule has 0 spiro atoms. The van der Waals surface area contributed by atoms with E-state index in [1.54, 1.807) is 0 Å². The topological polar surface area (TPSA) is 13.1 Å². The summed E-state index contributed by atoms with van der Waals surface area (Å²) in [7, 11) is 0. The zero-order chi connectivity index (χ0) is 9.26. The predicted octanol–water partition coefficient (Wildman–Crippen LogP) is 3.88. The molecule has 0 amide bonds. The molecule has 2 rings (SSSR count). The maximum atomic E-state index is 5.57. The molecule has 0 saturated heterocycles. The Morgan fingerprint density at radius 1 is 1.31 bits per heavy atom. The first-order chi connectivity index (χ1) is 6.27. The summed E-state index contributed by atoms with van der Waals surface area (Å²) in [6.45, 7) is 4.45. The fourth-order valence-electron chi connectivity index (χ4n) is 2.39. The van der Waals surface area contributed by atoms with Gasteiger partial charge < -0.3 is 4.42 Å². The van der Waals surface area contributed by atoms with Crippen LogP contribution in [0, 0.1) is 12.8 Å².